The predicted molar refractivity (Wildman–Crippen MR) is 210 cm³/mol. The fraction of sp³-hybridized carbons (Fsp3) is 0. The van der Waals surface area contributed by atoms with Crippen molar-refractivity contribution in [3.8, 4) is 22.3 Å². The van der Waals surface area contributed by atoms with Crippen LogP contribution in [0.15, 0.2) is 180 Å². The third-order valence-corrected chi connectivity index (χ3v) is 9.87. The molecule has 0 fully saturated rings. The van der Waals surface area contributed by atoms with Gasteiger partial charge in [0.15, 0.2) is 0 Å². The highest BCUT2D eigenvalue weighted by Crippen LogP contribution is 2.46. The fourth-order valence-electron chi connectivity index (χ4n) is 6.55. The molecule has 0 bridgehead atoms. The Balaban J connectivity index is 1.32. The summed E-state index contributed by atoms with van der Waals surface area (Å²) in [7, 11) is 0. The Morgan fingerprint density at radius 1 is 0.469 bits per heavy atom. The molecule has 230 valence electrons. The quantitative estimate of drug-likeness (QED) is 0.183. The molecule has 0 N–H and O–H groups in total. The van der Waals surface area contributed by atoms with E-state index >= 15 is 0 Å². The van der Waals surface area contributed by atoms with Crippen molar-refractivity contribution < 1.29 is 22.2 Å². The van der Waals surface area contributed by atoms with Gasteiger partial charge in [-0.25, -0.2) is 0 Å². The van der Waals surface area contributed by atoms with Crippen LogP contribution in [0.3, 0.4) is 0 Å². The molecular weight excluding hydrogens is 615 g/mol. The second-order valence-corrected chi connectivity index (χ2v) is 12.6. The van der Waals surface area contributed by atoms with E-state index in [1.807, 2.05) is 48.5 Å². The van der Waals surface area contributed by atoms with Crippen LogP contribution in [0, 0.1) is 0 Å². The summed E-state index contributed by atoms with van der Waals surface area (Å²) in [4.78, 5) is 1.71. The molecule has 2 nitrogen and oxygen atoms in total. The Morgan fingerprint density at radius 3 is 2.12 bits per heavy atom. The van der Waals surface area contributed by atoms with Crippen LogP contribution in [0.1, 0.15) is 17.8 Å². The van der Waals surface area contributed by atoms with Gasteiger partial charge < -0.3 is 9.32 Å². The number of thiophene rings is 1. The first kappa shape index (κ1) is 17.8. The average molecular weight is 657 g/mol. The first-order chi connectivity index (χ1) is 29.7. The summed E-state index contributed by atoms with van der Waals surface area (Å²) in [5.41, 5.74) is 1.41. The Bertz CT molecular complexity index is 3530. The van der Waals surface area contributed by atoms with Crippen LogP contribution in [0.25, 0.3) is 75.1 Å². The molecular formula is C46H29NOS. The average Bonchev–Trinajstić information content (AvgIpc) is 3.84. The highest BCUT2D eigenvalue weighted by Gasteiger charge is 2.20. The third kappa shape index (κ3) is 4.55. The van der Waals surface area contributed by atoms with Crippen LogP contribution < -0.4 is 4.90 Å². The van der Waals surface area contributed by atoms with Crippen molar-refractivity contribution in [2.45, 2.75) is 0 Å². The van der Waals surface area contributed by atoms with Crippen LogP contribution in [0.5, 0.6) is 0 Å². The van der Waals surface area contributed by atoms with E-state index in [0.717, 1.165) is 20.2 Å². The molecule has 49 heavy (non-hydrogen) atoms. The lowest BCUT2D eigenvalue weighted by molar-refractivity contribution is 0.669. The van der Waals surface area contributed by atoms with Crippen LogP contribution in [-0.4, -0.2) is 0 Å². The lowest BCUT2D eigenvalue weighted by Crippen LogP contribution is -2.10. The van der Waals surface area contributed by atoms with E-state index in [1.165, 1.54) is 24.3 Å². The molecule has 0 aliphatic carbocycles. The van der Waals surface area contributed by atoms with E-state index in [1.54, 1.807) is 40.5 Å². The van der Waals surface area contributed by atoms with E-state index in [4.69, 9.17) is 15.4 Å². The highest BCUT2D eigenvalue weighted by molar-refractivity contribution is 7.25. The standard InChI is InChI=1S/C46H29NOS/c1-3-11-30(12-4-1)31-21-23-33(24-22-31)47(34-25-26-38-37-15-7-8-20-43(37)49-44(38)29-34)40-18-9-17-39-36(40)27-28-42-46(39)45-35(16-10-19-41(45)48-42)32-13-5-2-6-14-32/h1-29H/i1D,3D,4D,9D,10D,11D,12D,16D,17D,19D,21D,22D,28D. The topological polar surface area (TPSA) is 16.4 Å². The minimum atomic E-state index is -0.598. The number of furan rings is 1. The van der Waals surface area contributed by atoms with Gasteiger partial charge in [0, 0.05) is 47.7 Å². The summed E-state index contributed by atoms with van der Waals surface area (Å²) in [6, 6.07) is 23.4. The lowest BCUT2D eigenvalue weighted by Gasteiger charge is -2.27. The maximum atomic E-state index is 9.40. The van der Waals surface area contributed by atoms with Crippen molar-refractivity contribution in [2.75, 3.05) is 4.90 Å². The second-order valence-electron chi connectivity index (χ2n) is 11.5. The summed E-state index contributed by atoms with van der Waals surface area (Å²) in [6.07, 6.45) is 0. The van der Waals surface area contributed by atoms with Gasteiger partial charge in [-0.05, 0) is 82.2 Å². The Morgan fingerprint density at radius 2 is 1.24 bits per heavy atom. The first-order valence-corrected chi connectivity index (χ1v) is 16.3. The minimum absolute atomic E-state index is 0.0105. The van der Waals surface area contributed by atoms with E-state index in [-0.39, 0.29) is 104 Å². The summed E-state index contributed by atoms with van der Waals surface area (Å²) in [5.74, 6) is 0. The minimum Gasteiger partial charge on any atom is -0.456 e. The molecule has 0 spiro atoms. The molecule has 0 aliphatic rings. The zero-order chi connectivity index (χ0) is 43.6. The van der Waals surface area contributed by atoms with Gasteiger partial charge in [0.2, 0.25) is 0 Å². The van der Waals surface area contributed by atoms with Gasteiger partial charge >= 0.3 is 0 Å². The number of rotatable bonds is 5. The molecule has 0 saturated carbocycles. The zero-order valence-corrected chi connectivity index (χ0v) is 26.3. The summed E-state index contributed by atoms with van der Waals surface area (Å²) < 4.78 is 123. The van der Waals surface area contributed by atoms with Gasteiger partial charge in [-0.2, -0.15) is 0 Å². The SMILES string of the molecule is [2H]c1cc(N(c2ccc3c(c2)sc2ccccc23)c2cc([2H])c([2H])c3c2cc([2H])c2oc4c([2H])c([2H])c([2H])c(-c5ccccc5)c4c23)cc([2H])c1-c1c([2H])c([2H])c([2H])c([2H])c1[2H]. The Hall–Kier alpha value is -6.16. The van der Waals surface area contributed by atoms with Gasteiger partial charge in [-0.15, -0.1) is 11.3 Å². The van der Waals surface area contributed by atoms with Crippen LogP contribution in [0.2, 0.25) is 0 Å². The van der Waals surface area contributed by atoms with Gasteiger partial charge in [0.25, 0.3) is 0 Å². The van der Waals surface area contributed by atoms with E-state index in [2.05, 4.69) is 0 Å². The summed E-state index contributed by atoms with van der Waals surface area (Å²) in [5, 5.41) is 3.01. The summed E-state index contributed by atoms with van der Waals surface area (Å²) in [6.45, 7) is 0. The van der Waals surface area contributed by atoms with Gasteiger partial charge in [0.05, 0.1) is 23.5 Å². The number of hydrogen-bond acceptors (Lipinski definition) is 3. The summed E-state index contributed by atoms with van der Waals surface area (Å²) >= 11 is 1.56. The highest BCUT2D eigenvalue weighted by atomic mass is 32.1. The van der Waals surface area contributed by atoms with Crippen molar-refractivity contribution in [3.63, 3.8) is 0 Å². The monoisotopic (exact) mass is 656 g/mol. The molecule has 10 rings (SSSR count). The number of fused-ring (bicyclic) bond motifs is 8. The Kier molecular flexibility index (Phi) is 4.09. The molecule has 10 aromatic rings. The van der Waals surface area contributed by atoms with E-state index in [0.29, 0.717) is 16.6 Å². The molecule has 0 saturated heterocycles. The van der Waals surface area contributed by atoms with Crippen molar-refractivity contribution in [2.24, 2.45) is 0 Å². The van der Waals surface area contributed by atoms with Gasteiger partial charge in [-0.1, -0.05) is 121 Å². The molecule has 3 heteroatoms. The maximum Gasteiger partial charge on any atom is 0.136 e. The van der Waals surface area contributed by atoms with Crippen LogP contribution in [0.4, 0.5) is 17.1 Å². The molecule has 8 aromatic carbocycles. The van der Waals surface area contributed by atoms with Crippen LogP contribution >= 0.6 is 11.3 Å². The van der Waals surface area contributed by atoms with E-state index in [9.17, 15) is 6.85 Å². The molecule has 0 aliphatic heterocycles. The number of hydrogen-bond donors (Lipinski definition) is 0. The largest absolute Gasteiger partial charge is 0.456 e. The number of anilines is 3. The zero-order valence-electron chi connectivity index (χ0n) is 38.5. The van der Waals surface area contributed by atoms with Crippen molar-refractivity contribution in [1.29, 1.82) is 0 Å². The first-order valence-electron chi connectivity index (χ1n) is 22.0. The normalized spacial score (nSPS) is 15.4. The molecule has 0 atom stereocenters. The molecule has 0 unspecified atom stereocenters. The lowest BCUT2D eigenvalue weighted by atomic mass is 9.96. The van der Waals surface area contributed by atoms with Crippen molar-refractivity contribution in [3.05, 3.63) is 176 Å². The van der Waals surface area contributed by atoms with Crippen molar-refractivity contribution in [1.82, 2.24) is 0 Å². The van der Waals surface area contributed by atoms with Crippen molar-refractivity contribution >= 4 is 81.3 Å². The predicted octanol–water partition coefficient (Wildman–Crippen LogP) is 13.9. The van der Waals surface area contributed by atoms with E-state index < -0.39 is 30.2 Å². The number of benzene rings is 8. The third-order valence-electron chi connectivity index (χ3n) is 8.73. The van der Waals surface area contributed by atoms with Crippen LogP contribution in [-0.2, 0) is 0 Å². The molecule has 2 heterocycles. The molecule has 2 aromatic heterocycles. The smallest absolute Gasteiger partial charge is 0.136 e. The molecule has 0 radical (unpaired) electrons. The maximum absolute atomic E-state index is 9.40. The Labute approximate surface area is 306 Å². The van der Waals surface area contributed by atoms with Gasteiger partial charge in [-0.3, -0.25) is 0 Å². The molecule has 0 amide bonds. The number of nitrogens with zero attached hydrogens (tertiary/aromatic N) is 1. The fourth-order valence-corrected chi connectivity index (χ4v) is 7.69. The van der Waals surface area contributed by atoms with Gasteiger partial charge in [0.1, 0.15) is 11.2 Å². The second kappa shape index (κ2) is 11.2.